The molecule has 5 heteroatoms. The second kappa shape index (κ2) is 4.13. The molecule has 1 N–H and O–H groups in total. The molecule has 68 valence electrons. The summed E-state index contributed by atoms with van der Waals surface area (Å²) < 4.78 is 13.5. The Kier molecular flexibility index (Phi) is 3.13. The molecule has 0 saturated heterocycles. The van der Waals surface area contributed by atoms with E-state index in [1.807, 2.05) is 0 Å². The number of aldehydes is 1. The van der Waals surface area contributed by atoms with Gasteiger partial charge in [-0.2, -0.15) is 0 Å². The summed E-state index contributed by atoms with van der Waals surface area (Å²) in [5.74, 6) is -1.46. The normalized spacial score (nSPS) is 9.38. The van der Waals surface area contributed by atoms with E-state index >= 15 is 0 Å². The van der Waals surface area contributed by atoms with Gasteiger partial charge in [0.25, 0.3) is 5.91 Å². The van der Waals surface area contributed by atoms with Crippen molar-refractivity contribution in [3.05, 3.63) is 28.5 Å². The van der Waals surface area contributed by atoms with Gasteiger partial charge < -0.3 is 5.32 Å². The smallest absolute Gasteiger partial charge is 0.288 e. The minimum Gasteiger partial charge on any atom is -0.317 e. The van der Waals surface area contributed by atoms with Crippen LogP contribution < -0.4 is 5.32 Å². The lowest BCUT2D eigenvalue weighted by atomic mass is 10.3. The predicted octanol–water partition coefficient (Wildman–Crippen LogP) is 1.73. The lowest BCUT2D eigenvalue weighted by Crippen LogP contribution is -2.13. The molecule has 3 nitrogen and oxygen atoms in total. The zero-order valence-electron chi connectivity index (χ0n) is 6.38. The van der Waals surface area contributed by atoms with E-state index in [4.69, 9.17) is 0 Å². The highest BCUT2D eigenvalue weighted by Crippen LogP contribution is 2.19. The van der Waals surface area contributed by atoms with Gasteiger partial charge in [0.15, 0.2) is 0 Å². The third-order valence-electron chi connectivity index (χ3n) is 1.29. The number of carbonyl (C=O) groups excluding carboxylic acids is 2. The van der Waals surface area contributed by atoms with Crippen molar-refractivity contribution in [1.29, 1.82) is 0 Å². The molecule has 0 saturated carbocycles. The average molecular weight is 246 g/mol. The molecule has 0 fully saturated rings. The Morgan fingerprint density at radius 2 is 2.23 bits per heavy atom. The quantitative estimate of drug-likeness (QED) is 0.638. The maximum atomic E-state index is 12.9. The Bertz CT molecular complexity index is 354. The number of hydrogen-bond donors (Lipinski definition) is 1. The lowest BCUT2D eigenvalue weighted by Gasteiger charge is -2.02. The average Bonchev–Trinajstić information content (AvgIpc) is 2.11. The Labute approximate surface area is 82.1 Å². The molecule has 0 spiro atoms. The first kappa shape index (κ1) is 9.85. The zero-order valence-corrected chi connectivity index (χ0v) is 7.97. The minimum absolute atomic E-state index is 0.0218. The lowest BCUT2D eigenvalue weighted by molar-refractivity contribution is -0.127. The number of hydrogen-bond acceptors (Lipinski definition) is 2. The van der Waals surface area contributed by atoms with Crippen LogP contribution in [0.15, 0.2) is 22.7 Å². The largest absolute Gasteiger partial charge is 0.317 e. The molecule has 13 heavy (non-hydrogen) atoms. The topological polar surface area (TPSA) is 46.2 Å². The van der Waals surface area contributed by atoms with Gasteiger partial charge in [0, 0.05) is 4.47 Å². The molecule has 1 aromatic carbocycles. The van der Waals surface area contributed by atoms with Gasteiger partial charge in [-0.3, -0.25) is 9.59 Å². The van der Waals surface area contributed by atoms with Crippen molar-refractivity contribution >= 4 is 33.8 Å². The highest BCUT2D eigenvalue weighted by Gasteiger charge is 2.05. The Morgan fingerprint density at radius 3 is 2.85 bits per heavy atom. The summed E-state index contributed by atoms with van der Waals surface area (Å²) in [6.45, 7) is 0. The fraction of sp³-hybridized carbons (Fsp3) is 0. The molecular weight excluding hydrogens is 241 g/mol. The van der Waals surface area contributed by atoms with Gasteiger partial charge in [-0.25, -0.2) is 4.39 Å². The van der Waals surface area contributed by atoms with Crippen LogP contribution in [-0.2, 0) is 9.59 Å². The van der Waals surface area contributed by atoms with Crippen molar-refractivity contribution < 1.29 is 14.0 Å². The van der Waals surface area contributed by atoms with Crippen LogP contribution in [0.1, 0.15) is 0 Å². The molecule has 1 rings (SSSR count). The molecule has 0 atom stereocenters. The van der Waals surface area contributed by atoms with E-state index in [2.05, 4.69) is 21.2 Å². The molecule has 0 aliphatic rings. The van der Waals surface area contributed by atoms with E-state index in [0.29, 0.717) is 4.47 Å². The van der Waals surface area contributed by atoms with Gasteiger partial charge in [0.2, 0.25) is 6.29 Å². The van der Waals surface area contributed by atoms with E-state index in [-0.39, 0.29) is 12.0 Å². The summed E-state index contributed by atoms with van der Waals surface area (Å²) in [5.41, 5.74) is -0.0218. The van der Waals surface area contributed by atoms with E-state index in [1.165, 1.54) is 18.2 Å². The summed E-state index contributed by atoms with van der Waals surface area (Å²) in [6.07, 6.45) is 0.0837. The van der Waals surface area contributed by atoms with Gasteiger partial charge in [0.1, 0.15) is 5.82 Å². The Hall–Kier alpha value is -1.23. The maximum absolute atomic E-state index is 12.9. The molecule has 1 amide bonds. The van der Waals surface area contributed by atoms with E-state index in [9.17, 15) is 14.0 Å². The van der Waals surface area contributed by atoms with Crippen molar-refractivity contribution in [3.63, 3.8) is 0 Å². The molecular formula is C8H5BrFNO2. The first-order chi connectivity index (χ1) is 6.13. The fourth-order valence-corrected chi connectivity index (χ4v) is 1.12. The van der Waals surface area contributed by atoms with Crippen LogP contribution in [-0.4, -0.2) is 12.2 Å². The molecule has 0 unspecified atom stereocenters. The third-order valence-corrected chi connectivity index (χ3v) is 1.79. The van der Waals surface area contributed by atoms with Gasteiger partial charge in [-0.15, -0.1) is 0 Å². The zero-order chi connectivity index (χ0) is 9.84. The summed E-state index contributed by atoms with van der Waals surface area (Å²) >= 11 is 3.10. The Morgan fingerprint density at radius 1 is 1.54 bits per heavy atom. The van der Waals surface area contributed by atoms with Crippen LogP contribution in [0.3, 0.4) is 0 Å². The van der Waals surface area contributed by atoms with Crippen molar-refractivity contribution in [3.8, 4) is 0 Å². The number of nitrogens with one attached hydrogen (secondary N) is 1. The van der Waals surface area contributed by atoms with Crippen LogP contribution in [0.4, 0.5) is 10.1 Å². The van der Waals surface area contributed by atoms with Crippen LogP contribution in [0.2, 0.25) is 0 Å². The van der Waals surface area contributed by atoms with Gasteiger partial charge in [-0.05, 0) is 18.2 Å². The van der Waals surface area contributed by atoms with Crippen molar-refractivity contribution in [2.75, 3.05) is 5.32 Å². The van der Waals surface area contributed by atoms with Crippen molar-refractivity contribution in [2.24, 2.45) is 0 Å². The van der Waals surface area contributed by atoms with E-state index in [0.717, 1.165) is 0 Å². The van der Waals surface area contributed by atoms with Crippen LogP contribution >= 0.6 is 15.9 Å². The number of carbonyl (C=O) groups is 2. The number of rotatable bonds is 2. The van der Waals surface area contributed by atoms with Crippen LogP contribution in [0.5, 0.6) is 0 Å². The van der Waals surface area contributed by atoms with E-state index < -0.39 is 11.7 Å². The number of halogens is 2. The monoisotopic (exact) mass is 245 g/mol. The minimum atomic E-state index is -0.878. The van der Waals surface area contributed by atoms with Crippen LogP contribution in [0, 0.1) is 5.82 Å². The maximum Gasteiger partial charge on any atom is 0.288 e. The second-order valence-electron chi connectivity index (χ2n) is 2.23. The highest BCUT2D eigenvalue weighted by atomic mass is 79.9. The molecule has 0 radical (unpaired) electrons. The summed E-state index contributed by atoms with van der Waals surface area (Å²) in [6, 6.07) is 4.05. The molecule has 0 bridgehead atoms. The molecule has 0 aliphatic heterocycles. The van der Waals surface area contributed by atoms with Gasteiger partial charge in [0.05, 0.1) is 5.69 Å². The SMILES string of the molecule is O=CC(=O)Nc1cc(Br)ccc1F. The highest BCUT2D eigenvalue weighted by molar-refractivity contribution is 9.10. The molecule has 0 heterocycles. The van der Waals surface area contributed by atoms with Crippen LogP contribution in [0.25, 0.3) is 0 Å². The summed E-state index contributed by atoms with van der Waals surface area (Å²) in [4.78, 5) is 20.5. The van der Waals surface area contributed by atoms with E-state index in [1.54, 1.807) is 0 Å². The molecule has 0 aromatic heterocycles. The summed E-state index contributed by atoms with van der Waals surface area (Å²) in [7, 11) is 0. The fourth-order valence-electron chi connectivity index (χ4n) is 0.755. The van der Waals surface area contributed by atoms with Gasteiger partial charge >= 0.3 is 0 Å². The van der Waals surface area contributed by atoms with Crippen molar-refractivity contribution in [1.82, 2.24) is 0 Å². The van der Waals surface area contributed by atoms with Crippen molar-refractivity contribution in [2.45, 2.75) is 0 Å². The first-order valence-corrected chi connectivity index (χ1v) is 4.14. The standard InChI is InChI=1S/C8H5BrFNO2/c9-5-1-2-6(10)7(3-5)11-8(13)4-12/h1-4H,(H,11,13). The first-order valence-electron chi connectivity index (χ1n) is 3.34. The molecule has 0 aliphatic carbocycles. The molecule has 1 aromatic rings. The third kappa shape index (κ3) is 2.62. The number of amides is 1. The summed E-state index contributed by atoms with van der Waals surface area (Å²) in [5, 5.41) is 2.09. The number of anilines is 1. The second-order valence-corrected chi connectivity index (χ2v) is 3.15. The number of benzene rings is 1. The van der Waals surface area contributed by atoms with Gasteiger partial charge in [-0.1, -0.05) is 15.9 Å². The Balaban J connectivity index is 2.93. The predicted molar refractivity (Wildman–Crippen MR) is 48.8 cm³/mol.